The van der Waals surface area contributed by atoms with Crippen molar-refractivity contribution in [1.29, 1.82) is 0 Å². The highest BCUT2D eigenvalue weighted by molar-refractivity contribution is 9.11. The van der Waals surface area contributed by atoms with Crippen LogP contribution in [0.4, 0.5) is 0 Å². The second-order valence-electron chi connectivity index (χ2n) is 6.56. The van der Waals surface area contributed by atoms with Gasteiger partial charge in [0.05, 0.1) is 0 Å². The molecular weight excluding hydrogens is 262 g/mol. The van der Waals surface area contributed by atoms with Crippen LogP contribution in [0.15, 0.2) is 11.1 Å². The lowest BCUT2D eigenvalue weighted by molar-refractivity contribution is 0.0639. The fourth-order valence-electron chi connectivity index (χ4n) is 4.21. The van der Waals surface area contributed by atoms with Crippen LogP contribution in [0.2, 0.25) is 0 Å². The summed E-state index contributed by atoms with van der Waals surface area (Å²) in [5.41, 5.74) is 1.01. The molecular formula is C14H24BrN. The minimum absolute atomic E-state index is 0.495. The molecule has 2 saturated carbocycles. The van der Waals surface area contributed by atoms with E-state index in [1.165, 1.54) is 19.3 Å². The summed E-state index contributed by atoms with van der Waals surface area (Å²) < 4.78 is 1.10. The molecule has 2 heteroatoms. The minimum atomic E-state index is 0.495. The molecule has 0 aliphatic heterocycles. The van der Waals surface area contributed by atoms with E-state index in [-0.39, 0.29) is 0 Å². The highest BCUT2D eigenvalue weighted by atomic mass is 79.9. The van der Waals surface area contributed by atoms with Gasteiger partial charge in [0, 0.05) is 17.1 Å². The van der Waals surface area contributed by atoms with Crippen molar-refractivity contribution < 1.29 is 0 Å². The first-order valence-electron chi connectivity index (χ1n) is 6.32. The number of hydrogen-bond donors (Lipinski definition) is 0. The van der Waals surface area contributed by atoms with Crippen molar-refractivity contribution in [3.05, 3.63) is 11.1 Å². The molecule has 0 radical (unpaired) electrons. The van der Waals surface area contributed by atoms with E-state index in [0.29, 0.717) is 10.8 Å². The van der Waals surface area contributed by atoms with Crippen molar-refractivity contribution in [2.24, 2.45) is 16.7 Å². The third kappa shape index (κ3) is 1.60. The molecule has 16 heavy (non-hydrogen) atoms. The van der Waals surface area contributed by atoms with Crippen molar-refractivity contribution in [3.63, 3.8) is 0 Å². The smallest absolute Gasteiger partial charge is 0.0294 e. The molecule has 0 N–H and O–H groups in total. The Morgan fingerprint density at radius 2 is 2.06 bits per heavy atom. The summed E-state index contributed by atoms with van der Waals surface area (Å²) in [6.07, 6.45) is 4.21. The van der Waals surface area contributed by atoms with Crippen LogP contribution < -0.4 is 0 Å². The van der Waals surface area contributed by atoms with Crippen molar-refractivity contribution >= 4 is 15.9 Å². The fraction of sp³-hybridized carbons (Fsp3) is 0.857. The highest BCUT2D eigenvalue weighted by Crippen LogP contribution is 2.66. The Kier molecular flexibility index (Phi) is 3.03. The third-order valence-corrected chi connectivity index (χ3v) is 5.95. The first-order chi connectivity index (χ1) is 7.29. The molecule has 0 heterocycles. The van der Waals surface area contributed by atoms with E-state index in [2.05, 4.69) is 55.2 Å². The van der Waals surface area contributed by atoms with Gasteiger partial charge in [-0.3, -0.25) is 4.90 Å². The Morgan fingerprint density at radius 1 is 1.44 bits per heavy atom. The normalized spacial score (nSPS) is 40.6. The van der Waals surface area contributed by atoms with Gasteiger partial charge in [0.1, 0.15) is 0 Å². The van der Waals surface area contributed by atoms with Gasteiger partial charge in [-0.25, -0.2) is 0 Å². The molecule has 0 aromatic carbocycles. The summed E-state index contributed by atoms with van der Waals surface area (Å²) in [6.45, 7) is 12.4. The average molecular weight is 286 g/mol. The van der Waals surface area contributed by atoms with Crippen LogP contribution in [0.5, 0.6) is 0 Å². The first kappa shape index (κ1) is 12.6. The quantitative estimate of drug-likeness (QED) is 0.756. The van der Waals surface area contributed by atoms with Crippen molar-refractivity contribution in [2.75, 3.05) is 13.6 Å². The monoisotopic (exact) mass is 285 g/mol. The lowest BCUT2D eigenvalue weighted by Gasteiger charge is -2.43. The minimum Gasteiger partial charge on any atom is -0.298 e. The molecule has 0 spiro atoms. The van der Waals surface area contributed by atoms with Gasteiger partial charge < -0.3 is 0 Å². The van der Waals surface area contributed by atoms with E-state index in [1.54, 1.807) is 0 Å². The predicted octanol–water partition coefficient (Wildman–Crippen LogP) is 4.04. The zero-order valence-electron chi connectivity index (χ0n) is 11.0. The van der Waals surface area contributed by atoms with Crippen LogP contribution in [0.3, 0.4) is 0 Å². The van der Waals surface area contributed by atoms with Crippen molar-refractivity contribution in [1.82, 2.24) is 4.90 Å². The fourth-order valence-corrected chi connectivity index (χ4v) is 4.60. The second kappa shape index (κ2) is 3.84. The van der Waals surface area contributed by atoms with E-state index in [0.717, 1.165) is 23.0 Å². The standard InChI is InChI=1S/C14H24BrN/c1-10(15)9-16(5)12-8-11-6-7-14(12,4)13(11,2)3/h11-12H,1,6-9H2,2-5H3/t11-,12+,14+/m1/s1. The Labute approximate surface area is 108 Å². The lowest BCUT2D eigenvalue weighted by atomic mass is 9.69. The van der Waals surface area contributed by atoms with Crippen LogP contribution in [0.1, 0.15) is 40.0 Å². The largest absolute Gasteiger partial charge is 0.298 e. The second-order valence-corrected chi connectivity index (χ2v) is 7.68. The molecule has 0 saturated heterocycles. The number of fused-ring (bicyclic) bond motifs is 2. The molecule has 2 bridgehead atoms. The molecule has 1 nitrogen and oxygen atoms in total. The predicted molar refractivity (Wildman–Crippen MR) is 73.7 cm³/mol. The van der Waals surface area contributed by atoms with Gasteiger partial charge in [-0.05, 0) is 43.1 Å². The van der Waals surface area contributed by atoms with E-state index in [9.17, 15) is 0 Å². The molecule has 2 aliphatic carbocycles. The SMILES string of the molecule is C=C(Br)CN(C)[C@H]1C[C@H]2CC[C@]1(C)C2(C)C. The van der Waals surface area contributed by atoms with Crippen LogP contribution in [-0.4, -0.2) is 24.5 Å². The van der Waals surface area contributed by atoms with Crippen molar-refractivity contribution in [2.45, 2.75) is 46.1 Å². The molecule has 0 aromatic heterocycles. The van der Waals surface area contributed by atoms with Gasteiger partial charge in [0.25, 0.3) is 0 Å². The average Bonchev–Trinajstić information content (AvgIpc) is 2.47. The Balaban J connectivity index is 2.18. The number of likely N-dealkylation sites (N-methyl/N-ethyl adjacent to an activating group) is 1. The van der Waals surface area contributed by atoms with Crippen LogP contribution >= 0.6 is 15.9 Å². The summed E-state index contributed by atoms with van der Waals surface area (Å²) in [7, 11) is 2.25. The molecule has 2 rings (SSSR count). The van der Waals surface area contributed by atoms with E-state index >= 15 is 0 Å². The zero-order valence-corrected chi connectivity index (χ0v) is 12.6. The van der Waals surface area contributed by atoms with E-state index < -0.39 is 0 Å². The Morgan fingerprint density at radius 3 is 2.44 bits per heavy atom. The lowest BCUT2D eigenvalue weighted by Crippen LogP contribution is -2.45. The van der Waals surface area contributed by atoms with Gasteiger partial charge >= 0.3 is 0 Å². The summed E-state index contributed by atoms with van der Waals surface area (Å²) in [5, 5.41) is 0. The van der Waals surface area contributed by atoms with Crippen LogP contribution in [0, 0.1) is 16.7 Å². The molecule has 92 valence electrons. The molecule has 0 aromatic rings. The number of rotatable bonds is 3. The summed E-state index contributed by atoms with van der Waals surface area (Å²) in [5.74, 6) is 0.925. The highest BCUT2D eigenvalue weighted by Gasteiger charge is 2.61. The third-order valence-electron chi connectivity index (χ3n) is 5.70. The number of nitrogens with zero attached hydrogens (tertiary/aromatic N) is 1. The summed E-state index contributed by atoms with van der Waals surface area (Å²) in [6, 6.07) is 0.732. The molecule has 0 unspecified atom stereocenters. The Hall–Kier alpha value is 0.180. The number of hydrogen-bond acceptors (Lipinski definition) is 1. The van der Waals surface area contributed by atoms with Gasteiger partial charge in [-0.15, -0.1) is 0 Å². The molecule has 3 atom stereocenters. The molecule has 2 aliphatic rings. The van der Waals surface area contributed by atoms with Crippen molar-refractivity contribution in [3.8, 4) is 0 Å². The molecule has 2 fully saturated rings. The topological polar surface area (TPSA) is 3.24 Å². The Bertz CT molecular complexity index is 310. The van der Waals surface area contributed by atoms with Gasteiger partial charge in [0.15, 0.2) is 0 Å². The van der Waals surface area contributed by atoms with Gasteiger partial charge in [0.2, 0.25) is 0 Å². The van der Waals surface area contributed by atoms with Gasteiger partial charge in [-0.1, -0.05) is 43.3 Å². The van der Waals surface area contributed by atoms with Crippen LogP contribution in [-0.2, 0) is 0 Å². The molecule has 0 amide bonds. The van der Waals surface area contributed by atoms with Gasteiger partial charge in [-0.2, -0.15) is 0 Å². The maximum atomic E-state index is 3.96. The summed E-state index contributed by atoms with van der Waals surface area (Å²) >= 11 is 3.49. The van der Waals surface area contributed by atoms with E-state index in [1.807, 2.05) is 0 Å². The maximum absolute atomic E-state index is 3.96. The summed E-state index contributed by atoms with van der Waals surface area (Å²) in [4.78, 5) is 2.50. The number of halogens is 1. The first-order valence-corrected chi connectivity index (χ1v) is 7.12. The van der Waals surface area contributed by atoms with Crippen LogP contribution in [0.25, 0.3) is 0 Å². The maximum Gasteiger partial charge on any atom is 0.0294 e. The zero-order chi connectivity index (χ0) is 12.1. The van der Waals surface area contributed by atoms with E-state index in [4.69, 9.17) is 0 Å².